The molecule has 0 aromatic heterocycles. The number of esters is 3. The predicted molar refractivity (Wildman–Crippen MR) is 142 cm³/mol. The number of hydrogen-bond acceptors (Lipinski definition) is 16. The Morgan fingerprint density at radius 3 is 2.33 bits per heavy atom. The highest BCUT2D eigenvalue weighted by Crippen LogP contribution is 2.72. The van der Waals surface area contributed by atoms with Crippen molar-refractivity contribution in [2.45, 2.75) is 100 Å². The van der Waals surface area contributed by atoms with Gasteiger partial charge in [0.05, 0.1) is 38.4 Å². The Balaban J connectivity index is 1.46. The number of carbonyl (C=O) groups is 3. The summed E-state index contributed by atoms with van der Waals surface area (Å²) in [6.45, 7) is 3.42. The summed E-state index contributed by atoms with van der Waals surface area (Å²) in [6, 6.07) is 0. The number of carbonyl (C=O) groups excluding carboxylic acids is 3. The van der Waals surface area contributed by atoms with Crippen LogP contribution in [-0.4, -0.2) is 147 Å². The maximum Gasteiger partial charge on any atom is 0.348 e. The Bertz CT molecular complexity index is 1270. The summed E-state index contributed by atoms with van der Waals surface area (Å²) in [5.41, 5.74) is -4.57. The quantitative estimate of drug-likeness (QED) is 0.0863. The third-order valence-corrected chi connectivity index (χ3v) is 11.4. The van der Waals surface area contributed by atoms with Gasteiger partial charge >= 0.3 is 17.9 Å². The Labute approximate surface area is 257 Å². The monoisotopic (exact) mass is 644 g/mol. The normalized spacial score (nSPS) is 53.4. The zero-order chi connectivity index (χ0) is 33.0. The van der Waals surface area contributed by atoms with E-state index in [0.717, 1.165) is 14.0 Å². The van der Waals surface area contributed by atoms with E-state index in [0.29, 0.717) is 5.57 Å². The van der Waals surface area contributed by atoms with Gasteiger partial charge in [-0.3, -0.25) is 4.79 Å². The fraction of sp³-hybridized carbons (Fsp3) is 0.828. The molecule has 3 saturated heterocycles. The standard InChI is InChI=1S/C29H40O16/c1-9-5-12(43-25-17(34)16(33)15(32)13(7-30)44-25)22(36)27(3)11(9)6-14-28-8-41-29(26(39)40-4,23(37)18(35)20(27)28)21(28)19(24(38)45-14)42-10(2)31/h5,11-23,25,30,32-37H,6-8H2,1-4H3/t11-,12-,13+,14+,15+,16-,17+,18+,19+,20+,21+,22+,23-,25+,27-,28+,29-/m0/s1. The van der Waals surface area contributed by atoms with Gasteiger partial charge in [0.25, 0.3) is 0 Å². The molecule has 45 heavy (non-hydrogen) atoms. The molecule has 0 amide bonds. The number of aliphatic hydroxyl groups is 7. The molecule has 17 atom stereocenters. The molecule has 2 bridgehead atoms. The van der Waals surface area contributed by atoms with Crippen molar-refractivity contribution in [3.8, 4) is 0 Å². The van der Waals surface area contributed by atoms with Crippen molar-refractivity contribution < 1.29 is 78.6 Å². The second kappa shape index (κ2) is 10.9. The first-order valence-corrected chi connectivity index (χ1v) is 14.9. The smallest absolute Gasteiger partial charge is 0.348 e. The van der Waals surface area contributed by atoms with E-state index in [2.05, 4.69) is 0 Å². The highest BCUT2D eigenvalue weighted by molar-refractivity contribution is 5.87. The highest BCUT2D eigenvalue weighted by Gasteiger charge is 2.85. The van der Waals surface area contributed by atoms with E-state index in [1.165, 1.54) is 0 Å². The summed E-state index contributed by atoms with van der Waals surface area (Å²) in [6.07, 6.45) is -15.6. The van der Waals surface area contributed by atoms with Gasteiger partial charge in [0.15, 0.2) is 6.29 Å². The van der Waals surface area contributed by atoms with Gasteiger partial charge in [0.1, 0.15) is 42.7 Å². The molecule has 252 valence electrons. The zero-order valence-corrected chi connectivity index (χ0v) is 25.1. The van der Waals surface area contributed by atoms with Gasteiger partial charge in [-0.25, -0.2) is 9.59 Å². The summed E-state index contributed by atoms with van der Waals surface area (Å²) >= 11 is 0. The number of aliphatic hydroxyl groups excluding tert-OH is 7. The molecule has 7 N–H and O–H groups in total. The first-order valence-electron chi connectivity index (χ1n) is 14.9. The van der Waals surface area contributed by atoms with Gasteiger partial charge in [-0.05, 0) is 19.3 Å². The number of allylic oxidation sites excluding steroid dienone is 1. The number of hydrogen-bond donors (Lipinski definition) is 7. The van der Waals surface area contributed by atoms with E-state index >= 15 is 0 Å². The second-order valence-corrected chi connectivity index (χ2v) is 13.3. The Hall–Kier alpha value is -2.25. The summed E-state index contributed by atoms with van der Waals surface area (Å²) in [5.74, 6) is -6.04. The molecule has 0 unspecified atom stereocenters. The first kappa shape index (κ1) is 32.7. The lowest BCUT2D eigenvalue weighted by atomic mass is 9.37. The molecule has 6 rings (SSSR count). The van der Waals surface area contributed by atoms with E-state index in [1.54, 1.807) is 19.9 Å². The minimum atomic E-state index is -2.32. The lowest BCUT2D eigenvalue weighted by Gasteiger charge is -2.68. The topological polar surface area (TPSA) is 248 Å². The van der Waals surface area contributed by atoms with Gasteiger partial charge in [-0.15, -0.1) is 0 Å². The van der Waals surface area contributed by atoms with Crippen LogP contribution >= 0.6 is 0 Å². The van der Waals surface area contributed by atoms with Crippen LogP contribution in [0.3, 0.4) is 0 Å². The van der Waals surface area contributed by atoms with Crippen molar-refractivity contribution in [3.63, 3.8) is 0 Å². The molecule has 3 aliphatic heterocycles. The second-order valence-electron chi connectivity index (χ2n) is 13.3. The van der Waals surface area contributed by atoms with Crippen LogP contribution in [0.15, 0.2) is 11.6 Å². The van der Waals surface area contributed by atoms with Gasteiger partial charge in [0, 0.05) is 23.7 Å². The number of fused-ring (bicyclic) bond motifs is 2. The average Bonchev–Trinajstić information content (AvgIpc) is 3.30. The lowest BCUT2D eigenvalue weighted by molar-refractivity contribution is -0.330. The van der Waals surface area contributed by atoms with Crippen LogP contribution in [0.2, 0.25) is 0 Å². The highest BCUT2D eigenvalue weighted by atomic mass is 16.7. The molecule has 5 fully saturated rings. The third kappa shape index (κ3) is 4.11. The van der Waals surface area contributed by atoms with Crippen LogP contribution in [0.4, 0.5) is 0 Å². The molecular weight excluding hydrogens is 604 g/mol. The molecule has 1 spiro atoms. The maximum absolute atomic E-state index is 13.4. The Morgan fingerprint density at radius 1 is 1.02 bits per heavy atom. The van der Waals surface area contributed by atoms with Crippen molar-refractivity contribution in [2.75, 3.05) is 20.3 Å². The minimum Gasteiger partial charge on any atom is -0.467 e. The van der Waals surface area contributed by atoms with Crippen molar-refractivity contribution in [2.24, 2.45) is 28.6 Å². The van der Waals surface area contributed by atoms with Crippen LogP contribution in [0.25, 0.3) is 0 Å². The predicted octanol–water partition coefficient (Wildman–Crippen LogP) is -3.73. The molecule has 6 aliphatic rings. The SMILES string of the molecule is COC(=O)[C@@]12OC[C@]34[C@H]([C@@H](O)[C@@H]1O)[C@@]1(C)[C@H](O)[C@@H](O[C@@H]5O[C@H](CO)[C@@H](O)[C@H](O)[C@H]5O)C=C(C)[C@@H]1C[C@H]3OC(=O)[C@H](OC(C)=O)[C@@H]24. The van der Waals surface area contributed by atoms with Gasteiger partial charge in [-0.1, -0.05) is 18.6 Å². The van der Waals surface area contributed by atoms with Crippen LogP contribution in [0.1, 0.15) is 27.2 Å². The van der Waals surface area contributed by atoms with Crippen LogP contribution < -0.4 is 0 Å². The number of ether oxygens (including phenoxy) is 6. The fourth-order valence-electron chi connectivity index (χ4n) is 9.58. The fourth-order valence-corrected chi connectivity index (χ4v) is 9.58. The van der Waals surface area contributed by atoms with Crippen LogP contribution in [0.5, 0.6) is 0 Å². The zero-order valence-electron chi connectivity index (χ0n) is 25.1. The Morgan fingerprint density at radius 2 is 1.71 bits per heavy atom. The molecule has 0 aromatic rings. The van der Waals surface area contributed by atoms with Crippen LogP contribution in [0, 0.1) is 28.6 Å². The van der Waals surface area contributed by atoms with E-state index in [-0.39, 0.29) is 13.0 Å². The molecule has 3 heterocycles. The summed E-state index contributed by atoms with van der Waals surface area (Å²) in [5, 5.41) is 76.5. The molecule has 0 radical (unpaired) electrons. The molecule has 2 saturated carbocycles. The number of rotatable bonds is 5. The van der Waals surface area contributed by atoms with Gasteiger partial charge < -0.3 is 64.2 Å². The largest absolute Gasteiger partial charge is 0.467 e. The van der Waals surface area contributed by atoms with E-state index in [4.69, 9.17) is 28.4 Å². The lowest BCUT2D eigenvalue weighted by Crippen LogP contribution is -2.80. The summed E-state index contributed by atoms with van der Waals surface area (Å²) < 4.78 is 33.9. The number of methoxy groups -OCH3 is 1. The van der Waals surface area contributed by atoms with Gasteiger partial charge in [0.2, 0.25) is 11.7 Å². The maximum atomic E-state index is 13.4. The van der Waals surface area contributed by atoms with Crippen LogP contribution in [-0.2, 0) is 42.8 Å². The molecular formula is C29H40O16. The third-order valence-electron chi connectivity index (χ3n) is 11.4. The van der Waals surface area contributed by atoms with E-state index < -0.39 is 126 Å². The Kier molecular flexibility index (Phi) is 7.92. The van der Waals surface area contributed by atoms with E-state index in [1.807, 2.05) is 0 Å². The van der Waals surface area contributed by atoms with Crippen molar-refractivity contribution >= 4 is 17.9 Å². The van der Waals surface area contributed by atoms with E-state index in [9.17, 15) is 50.1 Å². The van der Waals surface area contributed by atoms with Crippen molar-refractivity contribution in [3.05, 3.63) is 11.6 Å². The minimum absolute atomic E-state index is 0.0949. The first-order chi connectivity index (χ1) is 21.1. The van der Waals surface area contributed by atoms with Crippen molar-refractivity contribution in [1.82, 2.24) is 0 Å². The molecule has 0 aromatic carbocycles. The molecule has 3 aliphatic carbocycles. The average molecular weight is 645 g/mol. The summed E-state index contributed by atoms with van der Waals surface area (Å²) in [4.78, 5) is 39.0. The summed E-state index contributed by atoms with van der Waals surface area (Å²) in [7, 11) is 1.05. The molecule has 16 heteroatoms. The van der Waals surface area contributed by atoms with Gasteiger partial charge in [-0.2, -0.15) is 0 Å². The molecule has 16 nitrogen and oxygen atoms in total. The van der Waals surface area contributed by atoms with Crippen molar-refractivity contribution in [1.29, 1.82) is 0 Å².